The molecule has 16 heavy (non-hydrogen) atoms. The van der Waals surface area contributed by atoms with Crippen molar-refractivity contribution >= 4 is 11.8 Å². The zero-order valence-electron chi connectivity index (χ0n) is 9.82. The Bertz CT molecular complexity index is 289. The van der Waals surface area contributed by atoms with E-state index in [2.05, 4.69) is 28.9 Å². The standard InChI is InChI=1S/C12H20N2OS/c1-11-9-14(5-7-16-11)4-3-13-8-12-2-6-15-10-12/h2,6,10-11,13H,3-5,7-9H2,1H3. The summed E-state index contributed by atoms with van der Waals surface area (Å²) in [4.78, 5) is 2.55. The van der Waals surface area contributed by atoms with Crippen molar-refractivity contribution in [2.24, 2.45) is 0 Å². The van der Waals surface area contributed by atoms with E-state index in [1.165, 1.54) is 24.4 Å². The number of furan rings is 1. The highest BCUT2D eigenvalue weighted by Gasteiger charge is 2.15. The summed E-state index contributed by atoms with van der Waals surface area (Å²) >= 11 is 2.08. The van der Waals surface area contributed by atoms with E-state index in [-0.39, 0.29) is 0 Å². The Kier molecular flexibility index (Phi) is 4.75. The molecule has 0 saturated carbocycles. The van der Waals surface area contributed by atoms with Crippen LogP contribution >= 0.6 is 11.8 Å². The third-order valence-corrected chi connectivity index (χ3v) is 3.98. The predicted octanol–water partition coefficient (Wildman–Crippen LogP) is 1.81. The average molecular weight is 240 g/mol. The molecule has 2 rings (SSSR count). The molecule has 0 aromatic carbocycles. The Balaban J connectivity index is 1.57. The monoisotopic (exact) mass is 240 g/mol. The maximum absolute atomic E-state index is 5.02. The van der Waals surface area contributed by atoms with Crippen LogP contribution in [0, 0.1) is 0 Å². The molecule has 1 saturated heterocycles. The van der Waals surface area contributed by atoms with E-state index in [4.69, 9.17) is 4.42 Å². The van der Waals surface area contributed by atoms with Crippen LogP contribution in [0.25, 0.3) is 0 Å². The van der Waals surface area contributed by atoms with Gasteiger partial charge in [-0.3, -0.25) is 0 Å². The second kappa shape index (κ2) is 6.33. The van der Waals surface area contributed by atoms with E-state index in [0.29, 0.717) is 0 Å². The molecule has 1 unspecified atom stereocenters. The molecule has 4 heteroatoms. The Morgan fingerprint density at radius 1 is 1.62 bits per heavy atom. The first-order chi connectivity index (χ1) is 7.84. The summed E-state index contributed by atoms with van der Waals surface area (Å²) in [5, 5.41) is 4.24. The van der Waals surface area contributed by atoms with Crippen molar-refractivity contribution in [2.45, 2.75) is 18.7 Å². The van der Waals surface area contributed by atoms with Gasteiger partial charge in [0.05, 0.1) is 12.5 Å². The van der Waals surface area contributed by atoms with Crippen LogP contribution in [0.2, 0.25) is 0 Å². The van der Waals surface area contributed by atoms with Crippen LogP contribution in [-0.2, 0) is 6.54 Å². The first-order valence-electron chi connectivity index (χ1n) is 5.90. The zero-order valence-corrected chi connectivity index (χ0v) is 10.6. The molecule has 1 aliphatic heterocycles. The predicted molar refractivity (Wildman–Crippen MR) is 68.8 cm³/mol. The minimum Gasteiger partial charge on any atom is -0.472 e. The maximum Gasteiger partial charge on any atom is 0.0947 e. The summed E-state index contributed by atoms with van der Waals surface area (Å²) in [6.45, 7) is 7.91. The molecule has 0 radical (unpaired) electrons. The second-order valence-corrected chi connectivity index (χ2v) is 5.84. The minimum atomic E-state index is 0.794. The van der Waals surface area contributed by atoms with Gasteiger partial charge in [0.25, 0.3) is 0 Å². The first kappa shape index (κ1) is 12.0. The lowest BCUT2D eigenvalue weighted by molar-refractivity contribution is 0.285. The highest BCUT2D eigenvalue weighted by Crippen LogP contribution is 2.16. The average Bonchev–Trinajstić information content (AvgIpc) is 2.77. The first-order valence-corrected chi connectivity index (χ1v) is 6.95. The number of hydrogen-bond donors (Lipinski definition) is 1. The summed E-state index contributed by atoms with van der Waals surface area (Å²) in [5.74, 6) is 1.28. The summed E-state index contributed by atoms with van der Waals surface area (Å²) in [7, 11) is 0. The molecular formula is C12H20N2OS. The summed E-state index contributed by atoms with van der Waals surface area (Å²) in [6.07, 6.45) is 3.52. The Morgan fingerprint density at radius 2 is 2.56 bits per heavy atom. The molecule has 1 atom stereocenters. The molecule has 1 N–H and O–H groups in total. The van der Waals surface area contributed by atoms with Crippen LogP contribution in [0.15, 0.2) is 23.0 Å². The number of nitrogens with zero attached hydrogens (tertiary/aromatic N) is 1. The van der Waals surface area contributed by atoms with E-state index in [9.17, 15) is 0 Å². The molecule has 0 amide bonds. The molecular weight excluding hydrogens is 220 g/mol. The van der Waals surface area contributed by atoms with Crippen LogP contribution < -0.4 is 5.32 Å². The van der Waals surface area contributed by atoms with Crippen molar-refractivity contribution in [2.75, 3.05) is 31.9 Å². The van der Waals surface area contributed by atoms with Gasteiger partial charge in [0, 0.05) is 49.3 Å². The molecule has 3 nitrogen and oxygen atoms in total. The van der Waals surface area contributed by atoms with Crippen molar-refractivity contribution in [3.63, 3.8) is 0 Å². The minimum absolute atomic E-state index is 0.794. The quantitative estimate of drug-likeness (QED) is 0.795. The van der Waals surface area contributed by atoms with Gasteiger partial charge in [-0.25, -0.2) is 0 Å². The number of thioether (sulfide) groups is 1. The van der Waals surface area contributed by atoms with Crippen molar-refractivity contribution in [1.82, 2.24) is 10.2 Å². The topological polar surface area (TPSA) is 28.4 Å². The van der Waals surface area contributed by atoms with Gasteiger partial charge in [0.2, 0.25) is 0 Å². The summed E-state index contributed by atoms with van der Waals surface area (Å²) in [5.41, 5.74) is 1.22. The molecule has 1 fully saturated rings. The van der Waals surface area contributed by atoms with E-state index in [0.717, 1.165) is 24.9 Å². The Hall–Kier alpha value is -0.450. The second-order valence-electron chi connectivity index (χ2n) is 4.29. The molecule has 0 aliphatic carbocycles. The van der Waals surface area contributed by atoms with Crippen molar-refractivity contribution in [3.05, 3.63) is 24.2 Å². The van der Waals surface area contributed by atoms with Crippen molar-refractivity contribution < 1.29 is 4.42 Å². The van der Waals surface area contributed by atoms with Gasteiger partial charge in [-0.05, 0) is 6.07 Å². The lowest BCUT2D eigenvalue weighted by Crippen LogP contribution is -2.40. The fourth-order valence-corrected chi connectivity index (χ4v) is 3.04. The van der Waals surface area contributed by atoms with Gasteiger partial charge < -0.3 is 14.6 Å². The highest BCUT2D eigenvalue weighted by molar-refractivity contribution is 7.99. The van der Waals surface area contributed by atoms with E-state index in [1.54, 1.807) is 12.5 Å². The van der Waals surface area contributed by atoms with Gasteiger partial charge in [-0.2, -0.15) is 11.8 Å². The molecule has 1 aliphatic rings. The maximum atomic E-state index is 5.02. The smallest absolute Gasteiger partial charge is 0.0947 e. The fraction of sp³-hybridized carbons (Fsp3) is 0.667. The molecule has 1 aromatic heterocycles. The lowest BCUT2D eigenvalue weighted by atomic mass is 10.3. The molecule has 90 valence electrons. The Morgan fingerprint density at radius 3 is 3.31 bits per heavy atom. The van der Waals surface area contributed by atoms with Crippen LogP contribution in [0.1, 0.15) is 12.5 Å². The number of rotatable bonds is 5. The van der Waals surface area contributed by atoms with E-state index < -0.39 is 0 Å². The molecule has 0 bridgehead atoms. The van der Waals surface area contributed by atoms with Gasteiger partial charge in [0.15, 0.2) is 0 Å². The largest absolute Gasteiger partial charge is 0.472 e. The normalized spacial score (nSPS) is 22.4. The number of hydrogen-bond acceptors (Lipinski definition) is 4. The zero-order chi connectivity index (χ0) is 11.2. The van der Waals surface area contributed by atoms with Crippen LogP contribution in [-0.4, -0.2) is 42.1 Å². The van der Waals surface area contributed by atoms with Crippen molar-refractivity contribution in [1.29, 1.82) is 0 Å². The fourth-order valence-electron chi connectivity index (χ4n) is 1.96. The lowest BCUT2D eigenvalue weighted by Gasteiger charge is -2.30. The molecule has 2 heterocycles. The number of nitrogens with one attached hydrogen (secondary N) is 1. The van der Waals surface area contributed by atoms with Gasteiger partial charge in [0.1, 0.15) is 0 Å². The van der Waals surface area contributed by atoms with E-state index in [1.807, 2.05) is 6.07 Å². The van der Waals surface area contributed by atoms with Crippen LogP contribution in [0.4, 0.5) is 0 Å². The van der Waals surface area contributed by atoms with Gasteiger partial charge in [-0.1, -0.05) is 6.92 Å². The molecule has 1 aromatic rings. The molecule has 0 spiro atoms. The van der Waals surface area contributed by atoms with E-state index >= 15 is 0 Å². The highest BCUT2D eigenvalue weighted by atomic mass is 32.2. The summed E-state index contributed by atoms with van der Waals surface area (Å²) in [6, 6.07) is 2.01. The third-order valence-electron chi connectivity index (χ3n) is 2.84. The van der Waals surface area contributed by atoms with Gasteiger partial charge >= 0.3 is 0 Å². The van der Waals surface area contributed by atoms with Crippen LogP contribution in [0.3, 0.4) is 0 Å². The van der Waals surface area contributed by atoms with Crippen molar-refractivity contribution in [3.8, 4) is 0 Å². The third kappa shape index (κ3) is 3.85. The SMILES string of the molecule is CC1CN(CCNCc2ccoc2)CCS1. The summed E-state index contributed by atoms with van der Waals surface area (Å²) < 4.78 is 5.02. The Labute approximate surface area is 102 Å². The van der Waals surface area contributed by atoms with Crippen LogP contribution in [0.5, 0.6) is 0 Å². The van der Waals surface area contributed by atoms with Gasteiger partial charge in [-0.15, -0.1) is 0 Å².